The number of amides is 1. The number of aryl methyl sites for hydroxylation is 1. The second-order valence-electron chi connectivity index (χ2n) is 4.81. The number of rotatable bonds is 5. The molecule has 1 amide bonds. The van der Waals surface area contributed by atoms with Gasteiger partial charge in [0.05, 0.1) is 23.7 Å². The molecule has 0 aliphatic heterocycles. The summed E-state index contributed by atoms with van der Waals surface area (Å²) in [4.78, 5) is 16.4. The summed E-state index contributed by atoms with van der Waals surface area (Å²) in [6.45, 7) is 2.08. The van der Waals surface area contributed by atoms with Crippen LogP contribution < -0.4 is 11.1 Å². The Balaban J connectivity index is 0.00000220. The summed E-state index contributed by atoms with van der Waals surface area (Å²) < 4.78 is 6.85. The maximum Gasteiger partial charge on any atom is 0.239 e. The molecule has 0 saturated heterocycles. The number of aromatic nitrogens is 2. The van der Waals surface area contributed by atoms with E-state index in [0.29, 0.717) is 0 Å². The van der Waals surface area contributed by atoms with Crippen LogP contribution in [0.4, 0.5) is 0 Å². The van der Waals surface area contributed by atoms with Crippen LogP contribution in [-0.4, -0.2) is 35.2 Å². The minimum atomic E-state index is -0.669. The fourth-order valence-electron chi connectivity index (χ4n) is 2.19. The van der Waals surface area contributed by atoms with Crippen molar-refractivity contribution in [2.24, 2.45) is 12.8 Å². The van der Waals surface area contributed by atoms with E-state index < -0.39 is 6.04 Å². The summed E-state index contributed by atoms with van der Waals surface area (Å²) >= 11 is 0. The minimum absolute atomic E-state index is 0. The van der Waals surface area contributed by atoms with Gasteiger partial charge in [0.15, 0.2) is 0 Å². The molecule has 0 fully saturated rings. The van der Waals surface area contributed by atoms with Crippen LogP contribution in [0.1, 0.15) is 18.8 Å². The van der Waals surface area contributed by atoms with Crippen molar-refractivity contribution in [2.45, 2.75) is 19.0 Å². The molecule has 0 radical (unpaired) electrons. The number of hydrogen-bond acceptors (Lipinski definition) is 4. The smallest absolute Gasteiger partial charge is 0.239 e. The summed E-state index contributed by atoms with van der Waals surface area (Å²) in [5, 5.41) is 2.86. The molecule has 1 aromatic carbocycles. The van der Waals surface area contributed by atoms with Crippen molar-refractivity contribution in [3.8, 4) is 0 Å². The van der Waals surface area contributed by atoms with Crippen LogP contribution in [0.15, 0.2) is 24.3 Å². The number of fused-ring (bicyclic) bond motifs is 1. The Morgan fingerprint density at radius 2 is 2.05 bits per heavy atom. The number of imidazole rings is 1. The van der Waals surface area contributed by atoms with Gasteiger partial charge in [0.1, 0.15) is 11.9 Å². The number of para-hydroxylation sites is 2. The molecule has 124 valence electrons. The second kappa shape index (κ2) is 8.95. The van der Waals surface area contributed by atoms with Crippen LogP contribution in [0, 0.1) is 0 Å². The highest BCUT2D eigenvalue weighted by molar-refractivity contribution is 5.85. The number of halogens is 2. The molecule has 0 aliphatic carbocycles. The van der Waals surface area contributed by atoms with Crippen LogP contribution in [0.5, 0.6) is 0 Å². The molecule has 3 N–H and O–H groups in total. The molecule has 0 bridgehead atoms. The predicted molar refractivity (Wildman–Crippen MR) is 91.6 cm³/mol. The number of ether oxygens (including phenoxy) is 1. The third kappa shape index (κ3) is 4.33. The highest BCUT2D eigenvalue weighted by atomic mass is 35.5. The van der Waals surface area contributed by atoms with Gasteiger partial charge in [0, 0.05) is 14.2 Å². The largest absolute Gasteiger partial charge is 0.383 e. The summed E-state index contributed by atoms with van der Waals surface area (Å²) in [6, 6.07) is 6.96. The number of methoxy groups -OCH3 is 1. The molecule has 2 atom stereocenters. The van der Waals surface area contributed by atoms with E-state index in [9.17, 15) is 4.79 Å². The van der Waals surface area contributed by atoms with Crippen molar-refractivity contribution in [2.75, 3.05) is 13.7 Å². The van der Waals surface area contributed by atoms with E-state index in [2.05, 4.69) is 10.3 Å². The summed E-state index contributed by atoms with van der Waals surface area (Å²) in [6.07, 6.45) is 0. The molecule has 0 spiro atoms. The number of hydrogen-bond donors (Lipinski definition) is 2. The lowest BCUT2D eigenvalue weighted by atomic mass is 10.2. The van der Waals surface area contributed by atoms with Crippen molar-refractivity contribution >= 4 is 41.8 Å². The zero-order valence-electron chi connectivity index (χ0n) is 12.8. The third-order valence-electron chi connectivity index (χ3n) is 3.25. The zero-order valence-corrected chi connectivity index (χ0v) is 14.4. The topological polar surface area (TPSA) is 82.2 Å². The lowest BCUT2D eigenvalue weighted by Gasteiger charge is -2.17. The van der Waals surface area contributed by atoms with E-state index in [4.69, 9.17) is 10.5 Å². The molecule has 1 aromatic heterocycles. The van der Waals surface area contributed by atoms with E-state index in [-0.39, 0.29) is 43.4 Å². The predicted octanol–water partition coefficient (Wildman–Crippen LogP) is 1.57. The van der Waals surface area contributed by atoms with Crippen LogP contribution in [0.2, 0.25) is 0 Å². The molecule has 1 heterocycles. The number of nitrogens with two attached hydrogens (primary N) is 1. The first-order valence-electron chi connectivity index (χ1n) is 6.50. The molecule has 0 saturated carbocycles. The molecular formula is C14H22Cl2N4O2. The van der Waals surface area contributed by atoms with E-state index in [1.54, 1.807) is 0 Å². The molecule has 6 nitrogen and oxygen atoms in total. The SMILES string of the molecule is COCC(N)C(=O)NC(C)c1nc2ccccc2n1C.Cl.Cl. The van der Waals surface area contributed by atoms with E-state index in [0.717, 1.165) is 16.9 Å². The Kier molecular flexibility index (Phi) is 8.40. The van der Waals surface area contributed by atoms with Gasteiger partial charge in [0.25, 0.3) is 0 Å². The van der Waals surface area contributed by atoms with Crippen molar-refractivity contribution in [1.29, 1.82) is 0 Å². The molecule has 2 aromatic rings. The number of carbonyl (C=O) groups excluding carboxylic acids is 1. The summed E-state index contributed by atoms with van der Waals surface area (Å²) in [5.74, 6) is 0.551. The average Bonchev–Trinajstić information content (AvgIpc) is 2.77. The van der Waals surface area contributed by atoms with Crippen molar-refractivity contribution in [3.63, 3.8) is 0 Å². The Labute approximate surface area is 142 Å². The molecule has 0 aliphatic rings. The molecule has 2 unspecified atom stereocenters. The van der Waals surface area contributed by atoms with Crippen molar-refractivity contribution in [3.05, 3.63) is 30.1 Å². The van der Waals surface area contributed by atoms with E-state index >= 15 is 0 Å². The lowest BCUT2D eigenvalue weighted by Crippen LogP contribution is -2.44. The molecule has 22 heavy (non-hydrogen) atoms. The van der Waals surface area contributed by atoms with Crippen molar-refractivity contribution in [1.82, 2.24) is 14.9 Å². The van der Waals surface area contributed by atoms with Crippen LogP contribution in [-0.2, 0) is 16.6 Å². The summed E-state index contributed by atoms with van der Waals surface area (Å²) in [7, 11) is 3.45. The zero-order chi connectivity index (χ0) is 14.7. The fourth-order valence-corrected chi connectivity index (χ4v) is 2.19. The van der Waals surface area contributed by atoms with Crippen LogP contribution >= 0.6 is 24.8 Å². The first kappa shape index (κ1) is 20.7. The number of nitrogens with one attached hydrogen (secondary N) is 1. The van der Waals surface area contributed by atoms with Gasteiger partial charge in [-0.05, 0) is 19.1 Å². The van der Waals surface area contributed by atoms with Gasteiger partial charge in [0.2, 0.25) is 5.91 Å². The Morgan fingerprint density at radius 1 is 1.41 bits per heavy atom. The van der Waals surface area contributed by atoms with Gasteiger partial charge >= 0.3 is 0 Å². The number of nitrogens with zero attached hydrogens (tertiary/aromatic N) is 2. The standard InChI is InChI=1S/C14H20N4O2.2ClH/c1-9(16-14(19)10(15)8-20-3)13-17-11-6-4-5-7-12(11)18(13)2;;/h4-7,9-10H,8,15H2,1-3H3,(H,16,19);2*1H. The van der Waals surface area contributed by atoms with Gasteiger partial charge in [-0.1, -0.05) is 12.1 Å². The number of carbonyl (C=O) groups is 1. The van der Waals surface area contributed by atoms with Crippen LogP contribution in [0.25, 0.3) is 11.0 Å². The highest BCUT2D eigenvalue weighted by Crippen LogP contribution is 2.19. The maximum absolute atomic E-state index is 11.9. The van der Waals surface area contributed by atoms with Gasteiger partial charge < -0.3 is 20.4 Å². The fraction of sp³-hybridized carbons (Fsp3) is 0.429. The molecular weight excluding hydrogens is 327 g/mol. The lowest BCUT2D eigenvalue weighted by molar-refractivity contribution is -0.124. The normalized spacial score (nSPS) is 12.9. The Bertz CT molecular complexity index is 618. The average molecular weight is 349 g/mol. The van der Waals surface area contributed by atoms with Gasteiger partial charge in [-0.2, -0.15) is 0 Å². The van der Waals surface area contributed by atoms with Gasteiger partial charge in [-0.25, -0.2) is 4.98 Å². The first-order valence-corrected chi connectivity index (χ1v) is 6.50. The van der Waals surface area contributed by atoms with Gasteiger partial charge in [-0.15, -0.1) is 24.8 Å². The Hall–Kier alpha value is -1.34. The molecule has 8 heteroatoms. The Morgan fingerprint density at radius 3 is 2.64 bits per heavy atom. The maximum atomic E-state index is 11.9. The highest BCUT2D eigenvalue weighted by Gasteiger charge is 2.19. The third-order valence-corrected chi connectivity index (χ3v) is 3.25. The van der Waals surface area contributed by atoms with E-state index in [1.165, 1.54) is 7.11 Å². The van der Waals surface area contributed by atoms with Crippen LogP contribution in [0.3, 0.4) is 0 Å². The van der Waals surface area contributed by atoms with E-state index in [1.807, 2.05) is 42.8 Å². The van der Waals surface area contributed by atoms with Gasteiger partial charge in [-0.3, -0.25) is 4.79 Å². The summed E-state index contributed by atoms with van der Waals surface area (Å²) in [5.41, 5.74) is 7.64. The second-order valence-corrected chi connectivity index (χ2v) is 4.81. The van der Waals surface area contributed by atoms with Crippen molar-refractivity contribution < 1.29 is 9.53 Å². The quantitative estimate of drug-likeness (QED) is 0.858. The monoisotopic (exact) mass is 348 g/mol. The first-order chi connectivity index (χ1) is 9.54. The molecule has 2 rings (SSSR count). The minimum Gasteiger partial charge on any atom is -0.383 e. The number of benzene rings is 1.